The summed E-state index contributed by atoms with van der Waals surface area (Å²) in [6.07, 6.45) is 6.30. The maximum Gasteiger partial charge on any atom is 0.335 e. The van der Waals surface area contributed by atoms with Gasteiger partial charge in [0.25, 0.3) is 0 Å². The normalized spacial score (nSPS) is 18.7. The van der Waals surface area contributed by atoms with Crippen molar-refractivity contribution in [1.29, 1.82) is 0 Å². The Labute approximate surface area is 161 Å². The molecule has 0 spiro atoms. The predicted octanol–water partition coefficient (Wildman–Crippen LogP) is 3.67. The average Bonchev–Trinajstić information content (AvgIpc) is 2.95. The molecule has 2 rings (SSSR count). The smallest absolute Gasteiger partial charge is 0.335 e. The lowest BCUT2D eigenvalue weighted by atomic mass is 9.90. The third-order valence-electron chi connectivity index (χ3n) is 4.64. The molecule has 27 heavy (non-hydrogen) atoms. The number of benzene rings is 1. The van der Waals surface area contributed by atoms with E-state index in [9.17, 15) is 20.1 Å². The van der Waals surface area contributed by atoms with E-state index >= 15 is 0 Å². The van der Waals surface area contributed by atoms with E-state index in [1.54, 1.807) is 45.1 Å². The molecule has 0 bridgehead atoms. The van der Waals surface area contributed by atoms with Crippen LogP contribution in [0.2, 0.25) is 0 Å². The molecule has 0 radical (unpaired) electrons. The quantitative estimate of drug-likeness (QED) is 0.634. The zero-order valence-corrected chi connectivity index (χ0v) is 16.7. The van der Waals surface area contributed by atoms with Crippen molar-refractivity contribution in [3.05, 3.63) is 52.6 Å². The summed E-state index contributed by atoms with van der Waals surface area (Å²) in [5, 5.41) is 30.1. The largest absolute Gasteiger partial charge is 0.486 e. The van der Waals surface area contributed by atoms with Crippen molar-refractivity contribution in [3.63, 3.8) is 0 Å². The van der Waals surface area contributed by atoms with Gasteiger partial charge in [-0.05, 0) is 70.7 Å². The zero-order valence-electron chi connectivity index (χ0n) is 16.7. The van der Waals surface area contributed by atoms with E-state index in [0.717, 1.165) is 16.7 Å². The van der Waals surface area contributed by atoms with Crippen LogP contribution in [0.3, 0.4) is 0 Å². The van der Waals surface area contributed by atoms with Crippen LogP contribution in [-0.2, 0) is 12.8 Å². The molecule has 1 heterocycles. The molecule has 0 saturated heterocycles. The van der Waals surface area contributed by atoms with Crippen LogP contribution in [0.4, 0.5) is 0 Å². The van der Waals surface area contributed by atoms with E-state index in [0.29, 0.717) is 25.0 Å². The number of carbonyl (C=O) groups is 1. The molecule has 5 heteroatoms. The molecule has 1 aromatic carbocycles. The molecule has 5 nitrogen and oxygen atoms in total. The van der Waals surface area contributed by atoms with Gasteiger partial charge in [-0.1, -0.05) is 23.8 Å². The van der Waals surface area contributed by atoms with Gasteiger partial charge < -0.3 is 20.1 Å². The highest BCUT2D eigenvalue weighted by Gasteiger charge is 2.39. The first-order valence-corrected chi connectivity index (χ1v) is 9.20. The Kier molecular flexibility index (Phi) is 6.17. The van der Waals surface area contributed by atoms with Crippen LogP contribution in [0.25, 0.3) is 0 Å². The number of ether oxygens (including phenoxy) is 1. The van der Waals surface area contributed by atoms with Crippen molar-refractivity contribution in [3.8, 4) is 5.75 Å². The summed E-state index contributed by atoms with van der Waals surface area (Å²) < 4.78 is 6.08. The van der Waals surface area contributed by atoms with Gasteiger partial charge in [0.1, 0.15) is 17.5 Å². The fraction of sp³-hybridized carbons (Fsp3) is 0.500. The minimum absolute atomic E-state index is 0.233. The number of fused-ring (bicyclic) bond motifs is 1. The van der Waals surface area contributed by atoms with E-state index in [-0.39, 0.29) is 5.56 Å². The number of carboxylic acid groups (broad SMARTS) is 1. The second kappa shape index (κ2) is 7.87. The third-order valence-corrected chi connectivity index (χ3v) is 4.64. The van der Waals surface area contributed by atoms with Crippen molar-refractivity contribution in [2.24, 2.45) is 0 Å². The molecule has 0 aromatic heterocycles. The lowest BCUT2D eigenvalue weighted by Crippen LogP contribution is -2.42. The lowest BCUT2D eigenvalue weighted by Gasteiger charge is -2.28. The molecule has 2 atom stereocenters. The highest BCUT2D eigenvalue weighted by Crippen LogP contribution is 2.38. The van der Waals surface area contributed by atoms with Crippen LogP contribution in [0.15, 0.2) is 35.9 Å². The van der Waals surface area contributed by atoms with Crippen molar-refractivity contribution < 1.29 is 24.9 Å². The van der Waals surface area contributed by atoms with Gasteiger partial charge in [0.2, 0.25) is 0 Å². The standard InChI is InChI=1S/C22H30O5/c1-14(2)7-8-15-11-17(20(23)24)12-16-13-18(27-19(15)16)22(5,26)10-6-9-21(3,4)25/h6-7,9,11-12,18,25-26H,8,10,13H2,1-5H3,(H,23,24)/b9-6+. The topological polar surface area (TPSA) is 87.0 Å². The van der Waals surface area contributed by atoms with Crippen molar-refractivity contribution in [2.75, 3.05) is 0 Å². The van der Waals surface area contributed by atoms with Crippen LogP contribution in [0.1, 0.15) is 62.5 Å². The van der Waals surface area contributed by atoms with Gasteiger partial charge >= 0.3 is 5.97 Å². The van der Waals surface area contributed by atoms with Gasteiger partial charge in [0, 0.05) is 6.42 Å². The van der Waals surface area contributed by atoms with Crippen LogP contribution in [0, 0.1) is 0 Å². The molecule has 3 N–H and O–H groups in total. The van der Waals surface area contributed by atoms with E-state index < -0.39 is 23.3 Å². The van der Waals surface area contributed by atoms with Crippen LogP contribution < -0.4 is 4.74 Å². The minimum Gasteiger partial charge on any atom is -0.486 e. The maximum atomic E-state index is 11.5. The molecule has 0 amide bonds. The Hall–Kier alpha value is -2.11. The number of aliphatic hydroxyl groups is 2. The Morgan fingerprint density at radius 3 is 2.48 bits per heavy atom. The second-order valence-electron chi connectivity index (χ2n) is 8.34. The summed E-state index contributed by atoms with van der Waals surface area (Å²) in [6.45, 7) is 9.02. The number of rotatable bonds is 7. The Morgan fingerprint density at radius 2 is 1.93 bits per heavy atom. The Morgan fingerprint density at radius 1 is 1.26 bits per heavy atom. The fourth-order valence-electron chi connectivity index (χ4n) is 3.09. The molecular weight excluding hydrogens is 344 g/mol. The van der Waals surface area contributed by atoms with Crippen molar-refractivity contribution in [1.82, 2.24) is 0 Å². The van der Waals surface area contributed by atoms with Crippen LogP contribution >= 0.6 is 0 Å². The molecule has 1 aromatic rings. The van der Waals surface area contributed by atoms with E-state index in [2.05, 4.69) is 0 Å². The predicted molar refractivity (Wildman–Crippen MR) is 105 cm³/mol. The molecule has 0 aliphatic carbocycles. The highest BCUT2D eigenvalue weighted by molar-refractivity contribution is 5.88. The highest BCUT2D eigenvalue weighted by atomic mass is 16.5. The summed E-state index contributed by atoms with van der Waals surface area (Å²) >= 11 is 0. The van der Waals surface area contributed by atoms with E-state index in [1.807, 2.05) is 19.9 Å². The van der Waals surface area contributed by atoms with Crippen LogP contribution in [-0.4, -0.2) is 38.6 Å². The SMILES string of the molecule is CC(C)=CCc1cc(C(=O)O)cc2c1OC(C(C)(O)C/C=C/C(C)(C)O)C2. The Balaban J connectivity index is 2.28. The van der Waals surface area contributed by atoms with E-state index in [4.69, 9.17) is 4.74 Å². The Bertz CT molecular complexity index is 762. The molecule has 2 unspecified atom stereocenters. The van der Waals surface area contributed by atoms with Gasteiger partial charge in [-0.25, -0.2) is 4.79 Å². The number of allylic oxidation sites excluding steroid dienone is 2. The molecule has 1 aliphatic heterocycles. The average molecular weight is 374 g/mol. The summed E-state index contributed by atoms with van der Waals surface area (Å²) in [5.41, 5.74) is 0.918. The monoisotopic (exact) mass is 374 g/mol. The van der Waals surface area contributed by atoms with Crippen molar-refractivity contribution in [2.45, 2.75) is 71.2 Å². The fourth-order valence-corrected chi connectivity index (χ4v) is 3.09. The first-order valence-electron chi connectivity index (χ1n) is 9.20. The molecule has 1 aliphatic rings. The zero-order chi connectivity index (χ0) is 20.4. The molecule has 0 fully saturated rings. The summed E-state index contributed by atoms with van der Waals surface area (Å²) in [4.78, 5) is 11.5. The summed E-state index contributed by atoms with van der Waals surface area (Å²) in [5.74, 6) is -0.297. The van der Waals surface area contributed by atoms with E-state index in [1.165, 1.54) is 0 Å². The minimum atomic E-state index is -1.14. The van der Waals surface area contributed by atoms with Gasteiger partial charge in [-0.15, -0.1) is 0 Å². The summed E-state index contributed by atoms with van der Waals surface area (Å²) in [6, 6.07) is 3.28. The van der Waals surface area contributed by atoms with Gasteiger partial charge in [0.15, 0.2) is 0 Å². The first-order chi connectivity index (χ1) is 12.4. The molecule has 148 valence electrons. The molecular formula is C22H30O5. The third kappa shape index (κ3) is 5.68. The summed E-state index contributed by atoms with van der Waals surface area (Å²) in [7, 11) is 0. The number of hydrogen-bond acceptors (Lipinski definition) is 4. The number of hydrogen-bond donors (Lipinski definition) is 3. The van der Waals surface area contributed by atoms with Crippen LogP contribution in [0.5, 0.6) is 5.75 Å². The number of aromatic carboxylic acids is 1. The van der Waals surface area contributed by atoms with Gasteiger partial charge in [0.05, 0.1) is 11.2 Å². The molecule has 0 saturated carbocycles. The first kappa shape index (κ1) is 21.2. The van der Waals surface area contributed by atoms with Crippen molar-refractivity contribution >= 4 is 5.97 Å². The van der Waals surface area contributed by atoms with Gasteiger partial charge in [-0.3, -0.25) is 0 Å². The van der Waals surface area contributed by atoms with Gasteiger partial charge in [-0.2, -0.15) is 0 Å². The number of carboxylic acids is 1. The maximum absolute atomic E-state index is 11.5. The lowest BCUT2D eigenvalue weighted by molar-refractivity contribution is -0.0359. The second-order valence-corrected chi connectivity index (χ2v) is 8.34.